The van der Waals surface area contributed by atoms with Crippen molar-refractivity contribution < 1.29 is 14.7 Å². The van der Waals surface area contributed by atoms with Crippen LogP contribution in [0.2, 0.25) is 0 Å². The number of rotatable bonds is 5. The second-order valence-corrected chi connectivity index (χ2v) is 7.84. The van der Waals surface area contributed by atoms with E-state index < -0.39 is 12.0 Å². The quantitative estimate of drug-likeness (QED) is 0.789. The Labute approximate surface area is 141 Å². The van der Waals surface area contributed by atoms with Crippen molar-refractivity contribution in [3.05, 3.63) is 36.0 Å². The minimum atomic E-state index is -1.01. The van der Waals surface area contributed by atoms with Gasteiger partial charge in [-0.1, -0.05) is 45.9 Å². The number of nitrogens with one attached hydrogen (secondary N) is 2. The number of aromatic nitrogens is 1. The second kappa shape index (κ2) is 5.36. The fourth-order valence-corrected chi connectivity index (χ4v) is 3.83. The van der Waals surface area contributed by atoms with Crippen molar-refractivity contribution >= 4 is 22.8 Å². The topological polar surface area (TPSA) is 82.2 Å². The van der Waals surface area contributed by atoms with Gasteiger partial charge < -0.3 is 15.4 Å². The van der Waals surface area contributed by atoms with Crippen LogP contribution in [0.25, 0.3) is 10.9 Å². The molecule has 1 saturated carbocycles. The summed E-state index contributed by atoms with van der Waals surface area (Å²) in [4.78, 5) is 27.3. The van der Waals surface area contributed by atoms with Crippen molar-refractivity contribution in [2.75, 3.05) is 0 Å². The van der Waals surface area contributed by atoms with E-state index in [-0.39, 0.29) is 29.1 Å². The number of hydrogen-bond acceptors (Lipinski definition) is 2. The fraction of sp³-hybridized carbons (Fsp3) is 0.474. The molecule has 1 heterocycles. The molecule has 2 aromatic rings. The zero-order chi connectivity index (χ0) is 17.7. The van der Waals surface area contributed by atoms with E-state index in [1.807, 2.05) is 58.2 Å². The van der Waals surface area contributed by atoms with Gasteiger partial charge in [-0.3, -0.25) is 4.79 Å². The Bertz CT molecular complexity index is 790. The Balaban J connectivity index is 1.77. The average Bonchev–Trinajstić information content (AvgIpc) is 2.80. The van der Waals surface area contributed by atoms with Crippen LogP contribution < -0.4 is 5.32 Å². The lowest BCUT2D eigenvalue weighted by molar-refractivity contribution is -0.142. The zero-order valence-corrected chi connectivity index (χ0v) is 14.5. The smallest absolute Gasteiger partial charge is 0.326 e. The molecule has 0 saturated heterocycles. The monoisotopic (exact) mass is 328 g/mol. The largest absolute Gasteiger partial charge is 0.480 e. The molecule has 1 aromatic carbocycles. The molecule has 128 valence electrons. The second-order valence-electron chi connectivity index (χ2n) is 7.84. The number of aromatic amines is 1. The van der Waals surface area contributed by atoms with Gasteiger partial charge in [-0.2, -0.15) is 0 Å². The van der Waals surface area contributed by atoms with Gasteiger partial charge in [0.05, 0.1) is 0 Å². The van der Waals surface area contributed by atoms with Gasteiger partial charge in [-0.25, -0.2) is 4.79 Å². The molecule has 1 amide bonds. The highest BCUT2D eigenvalue weighted by Crippen LogP contribution is 2.68. The lowest BCUT2D eigenvalue weighted by Crippen LogP contribution is -2.43. The van der Waals surface area contributed by atoms with Gasteiger partial charge >= 0.3 is 5.97 Å². The summed E-state index contributed by atoms with van der Waals surface area (Å²) in [5, 5.41) is 13.3. The van der Waals surface area contributed by atoms with Crippen molar-refractivity contribution in [2.24, 2.45) is 16.7 Å². The van der Waals surface area contributed by atoms with Crippen LogP contribution in [0.3, 0.4) is 0 Å². The summed E-state index contributed by atoms with van der Waals surface area (Å²) >= 11 is 0. The molecule has 1 aliphatic rings. The lowest BCUT2D eigenvalue weighted by atomic mass is 10.0. The molecule has 1 atom stereocenters. The Morgan fingerprint density at radius 3 is 2.42 bits per heavy atom. The molecular weight excluding hydrogens is 304 g/mol. The van der Waals surface area contributed by atoms with Crippen LogP contribution in [0.1, 0.15) is 33.3 Å². The first-order valence-electron chi connectivity index (χ1n) is 8.24. The Morgan fingerprint density at radius 1 is 1.21 bits per heavy atom. The minimum absolute atomic E-state index is 0.110. The van der Waals surface area contributed by atoms with Crippen LogP contribution in [0, 0.1) is 16.7 Å². The molecule has 3 rings (SSSR count). The van der Waals surface area contributed by atoms with E-state index in [0.29, 0.717) is 0 Å². The molecule has 0 spiro atoms. The molecule has 1 fully saturated rings. The third-order valence-corrected chi connectivity index (χ3v) is 6.00. The Kier molecular flexibility index (Phi) is 3.70. The molecule has 5 nitrogen and oxygen atoms in total. The number of carbonyl (C=O) groups is 2. The maximum absolute atomic E-state index is 12.6. The number of para-hydroxylation sites is 1. The van der Waals surface area contributed by atoms with Crippen LogP contribution in [-0.4, -0.2) is 28.0 Å². The van der Waals surface area contributed by atoms with E-state index >= 15 is 0 Å². The number of H-pyrrole nitrogens is 1. The van der Waals surface area contributed by atoms with Gasteiger partial charge in [0, 0.05) is 29.4 Å². The molecule has 1 aromatic heterocycles. The molecule has 5 heteroatoms. The highest BCUT2D eigenvalue weighted by Gasteiger charge is 2.68. The Morgan fingerprint density at radius 2 is 1.83 bits per heavy atom. The van der Waals surface area contributed by atoms with Crippen LogP contribution in [0.4, 0.5) is 0 Å². The van der Waals surface area contributed by atoms with Crippen molar-refractivity contribution in [3.8, 4) is 0 Å². The number of carboxylic acid groups (broad SMARTS) is 1. The number of fused-ring (bicyclic) bond motifs is 1. The van der Waals surface area contributed by atoms with Crippen molar-refractivity contribution in [2.45, 2.75) is 40.2 Å². The number of amides is 1. The van der Waals surface area contributed by atoms with Crippen LogP contribution in [0.5, 0.6) is 0 Å². The van der Waals surface area contributed by atoms with Gasteiger partial charge in [0.2, 0.25) is 5.91 Å². The standard InChI is InChI=1S/C19H24N2O3/c1-18(2)15(19(18,3)4)16(22)21-14(17(23)24)9-11-10-20-13-8-6-5-7-12(11)13/h5-8,10,14-15,20H,9H2,1-4H3,(H,21,22)(H,23,24). The molecule has 24 heavy (non-hydrogen) atoms. The van der Waals surface area contributed by atoms with E-state index in [1.54, 1.807) is 0 Å². The van der Waals surface area contributed by atoms with Crippen molar-refractivity contribution in [1.29, 1.82) is 0 Å². The van der Waals surface area contributed by atoms with E-state index in [2.05, 4.69) is 10.3 Å². The lowest BCUT2D eigenvalue weighted by Gasteiger charge is -2.15. The molecule has 0 radical (unpaired) electrons. The fourth-order valence-electron chi connectivity index (χ4n) is 3.83. The van der Waals surface area contributed by atoms with Gasteiger partial charge in [0.15, 0.2) is 0 Å². The number of carboxylic acids is 1. The van der Waals surface area contributed by atoms with E-state index in [4.69, 9.17) is 0 Å². The van der Waals surface area contributed by atoms with E-state index in [1.165, 1.54) is 0 Å². The van der Waals surface area contributed by atoms with E-state index in [0.717, 1.165) is 16.5 Å². The molecule has 3 N–H and O–H groups in total. The van der Waals surface area contributed by atoms with Crippen molar-refractivity contribution in [1.82, 2.24) is 10.3 Å². The van der Waals surface area contributed by atoms with Gasteiger partial charge in [0.25, 0.3) is 0 Å². The highest BCUT2D eigenvalue weighted by atomic mass is 16.4. The summed E-state index contributed by atoms with van der Waals surface area (Å²) in [6.07, 6.45) is 2.08. The zero-order valence-electron chi connectivity index (χ0n) is 14.5. The summed E-state index contributed by atoms with van der Waals surface area (Å²) < 4.78 is 0. The number of aliphatic carboxylic acids is 1. The van der Waals surface area contributed by atoms with Gasteiger partial charge in [-0.05, 0) is 22.5 Å². The summed E-state index contributed by atoms with van der Waals surface area (Å²) in [6, 6.07) is 6.82. The molecular formula is C19H24N2O3. The number of benzene rings is 1. The highest BCUT2D eigenvalue weighted by molar-refractivity contribution is 5.89. The SMILES string of the molecule is CC1(C)C(C(=O)NC(Cc2c[nH]c3ccccc23)C(=O)O)C1(C)C. The van der Waals surface area contributed by atoms with Crippen LogP contribution in [-0.2, 0) is 16.0 Å². The normalized spacial score (nSPS) is 19.8. The third-order valence-electron chi connectivity index (χ3n) is 6.00. The average molecular weight is 328 g/mol. The number of carbonyl (C=O) groups excluding carboxylic acids is 1. The first-order valence-corrected chi connectivity index (χ1v) is 8.24. The predicted octanol–water partition coefficient (Wildman–Crippen LogP) is 2.96. The van der Waals surface area contributed by atoms with Crippen LogP contribution >= 0.6 is 0 Å². The predicted molar refractivity (Wildman–Crippen MR) is 92.6 cm³/mol. The van der Waals surface area contributed by atoms with Gasteiger partial charge in [-0.15, -0.1) is 0 Å². The van der Waals surface area contributed by atoms with Crippen molar-refractivity contribution in [3.63, 3.8) is 0 Å². The number of hydrogen-bond donors (Lipinski definition) is 3. The summed E-state index contributed by atoms with van der Waals surface area (Å²) in [6.45, 7) is 8.19. The molecule has 1 unspecified atom stereocenters. The van der Waals surface area contributed by atoms with E-state index in [9.17, 15) is 14.7 Å². The minimum Gasteiger partial charge on any atom is -0.480 e. The molecule has 0 bridgehead atoms. The third kappa shape index (κ3) is 2.48. The summed E-state index contributed by atoms with van der Waals surface area (Å²) in [7, 11) is 0. The summed E-state index contributed by atoms with van der Waals surface area (Å²) in [5.74, 6) is -1.34. The maximum atomic E-state index is 12.6. The maximum Gasteiger partial charge on any atom is 0.326 e. The first-order chi connectivity index (χ1) is 11.2. The molecule has 0 aliphatic heterocycles. The Hall–Kier alpha value is -2.30. The first kappa shape index (κ1) is 16.6. The molecule has 1 aliphatic carbocycles. The van der Waals surface area contributed by atoms with Crippen LogP contribution in [0.15, 0.2) is 30.5 Å². The summed E-state index contributed by atoms with van der Waals surface area (Å²) in [5.41, 5.74) is 1.64. The van der Waals surface area contributed by atoms with Gasteiger partial charge in [0.1, 0.15) is 6.04 Å².